The molecule has 138 valence electrons. The quantitative estimate of drug-likeness (QED) is 0.396. The first-order chi connectivity index (χ1) is 11.4. The van der Waals surface area contributed by atoms with Crippen molar-refractivity contribution in [2.75, 3.05) is 13.6 Å². The fourth-order valence-electron chi connectivity index (χ4n) is 2.67. The normalized spacial score (nSPS) is 11.8. The van der Waals surface area contributed by atoms with Gasteiger partial charge in [0.1, 0.15) is 0 Å². The summed E-state index contributed by atoms with van der Waals surface area (Å²) >= 11 is 0. The lowest BCUT2D eigenvalue weighted by molar-refractivity contribution is 0.508. The summed E-state index contributed by atoms with van der Waals surface area (Å²) in [4.78, 5) is 4.32. The molecule has 0 saturated carbocycles. The van der Waals surface area contributed by atoms with Gasteiger partial charge in [-0.15, -0.1) is 24.0 Å². The lowest BCUT2D eigenvalue weighted by Gasteiger charge is -2.27. The van der Waals surface area contributed by atoms with Gasteiger partial charge in [-0.1, -0.05) is 45.0 Å². The second-order valence-electron chi connectivity index (χ2n) is 6.90. The van der Waals surface area contributed by atoms with Crippen molar-refractivity contribution >= 4 is 29.9 Å². The van der Waals surface area contributed by atoms with Gasteiger partial charge < -0.3 is 15.2 Å². The van der Waals surface area contributed by atoms with E-state index in [1.165, 1.54) is 16.7 Å². The second-order valence-corrected chi connectivity index (χ2v) is 6.90. The summed E-state index contributed by atoms with van der Waals surface area (Å²) in [5, 5.41) is 6.81. The van der Waals surface area contributed by atoms with Crippen LogP contribution < -0.4 is 10.6 Å². The van der Waals surface area contributed by atoms with Crippen LogP contribution in [0.15, 0.2) is 47.7 Å². The molecule has 0 amide bonds. The molecule has 0 unspecified atom stereocenters. The molecule has 0 atom stereocenters. The van der Waals surface area contributed by atoms with Gasteiger partial charge in [0.2, 0.25) is 0 Å². The van der Waals surface area contributed by atoms with E-state index in [0.29, 0.717) is 0 Å². The van der Waals surface area contributed by atoms with Crippen LogP contribution in [0.4, 0.5) is 0 Å². The third-order valence-corrected chi connectivity index (χ3v) is 4.42. The van der Waals surface area contributed by atoms with Gasteiger partial charge in [0.15, 0.2) is 5.96 Å². The summed E-state index contributed by atoms with van der Waals surface area (Å²) in [5.41, 5.74) is 4.00. The Labute approximate surface area is 169 Å². The lowest BCUT2D eigenvalue weighted by Crippen LogP contribution is -2.43. The number of guanidine groups is 1. The highest BCUT2D eigenvalue weighted by Gasteiger charge is 2.20. The third kappa shape index (κ3) is 6.38. The molecule has 2 aromatic rings. The first kappa shape index (κ1) is 21.5. The summed E-state index contributed by atoms with van der Waals surface area (Å²) in [6, 6.07) is 11.0. The summed E-state index contributed by atoms with van der Waals surface area (Å²) in [6.45, 7) is 8.29. The van der Waals surface area contributed by atoms with E-state index >= 15 is 0 Å². The SMILES string of the molecule is CCc1ccc(C(C)(C)CNC(=NC)NCc2ccn(C)c2)cc1.I. The first-order valence-electron chi connectivity index (χ1n) is 8.59. The fourth-order valence-corrected chi connectivity index (χ4v) is 2.67. The maximum absolute atomic E-state index is 4.32. The zero-order valence-electron chi connectivity index (χ0n) is 16.0. The molecule has 0 aliphatic rings. The predicted octanol–water partition coefficient (Wildman–Crippen LogP) is 3.85. The summed E-state index contributed by atoms with van der Waals surface area (Å²) in [5.74, 6) is 0.831. The Morgan fingerprint density at radius 1 is 1.08 bits per heavy atom. The van der Waals surface area contributed by atoms with E-state index in [1.54, 1.807) is 0 Å². The molecule has 2 N–H and O–H groups in total. The minimum Gasteiger partial charge on any atom is -0.357 e. The van der Waals surface area contributed by atoms with E-state index in [2.05, 4.69) is 83.7 Å². The number of nitrogens with zero attached hydrogens (tertiary/aromatic N) is 2. The van der Waals surface area contributed by atoms with Crippen LogP contribution in [-0.4, -0.2) is 24.1 Å². The Hall–Kier alpha value is -1.50. The molecule has 25 heavy (non-hydrogen) atoms. The van der Waals surface area contributed by atoms with E-state index in [9.17, 15) is 0 Å². The largest absolute Gasteiger partial charge is 0.357 e. The molecule has 1 aromatic carbocycles. The molecule has 0 aliphatic heterocycles. The van der Waals surface area contributed by atoms with Crippen molar-refractivity contribution < 1.29 is 0 Å². The molecule has 1 heterocycles. The van der Waals surface area contributed by atoms with E-state index < -0.39 is 0 Å². The number of hydrogen-bond donors (Lipinski definition) is 2. The van der Waals surface area contributed by atoms with Crippen molar-refractivity contribution in [3.63, 3.8) is 0 Å². The number of benzene rings is 1. The Balaban J connectivity index is 0.00000312. The minimum absolute atomic E-state index is 0. The number of halogens is 1. The van der Waals surface area contributed by atoms with Gasteiger partial charge in [0, 0.05) is 45.0 Å². The molecule has 0 spiro atoms. The van der Waals surface area contributed by atoms with E-state index in [1.807, 2.05) is 14.1 Å². The molecular formula is C20H31IN4. The summed E-state index contributed by atoms with van der Waals surface area (Å²) in [6.07, 6.45) is 5.24. The minimum atomic E-state index is 0. The van der Waals surface area contributed by atoms with Gasteiger partial charge in [0.05, 0.1) is 0 Å². The van der Waals surface area contributed by atoms with Gasteiger partial charge in [0.25, 0.3) is 0 Å². The molecule has 4 nitrogen and oxygen atoms in total. The first-order valence-corrected chi connectivity index (χ1v) is 8.59. The van der Waals surface area contributed by atoms with Gasteiger partial charge in [-0.25, -0.2) is 0 Å². The topological polar surface area (TPSA) is 41.4 Å². The van der Waals surface area contributed by atoms with Gasteiger partial charge in [-0.3, -0.25) is 4.99 Å². The van der Waals surface area contributed by atoms with Crippen LogP contribution in [0.2, 0.25) is 0 Å². The number of rotatable bonds is 6. The Morgan fingerprint density at radius 3 is 2.28 bits per heavy atom. The highest BCUT2D eigenvalue weighted by Crippen LogP contribution is 2.22. The molecule has 2 rings (SSSR count). The maximum atomic E-state index is 4.32. The van der Waals surface area contributed by atoms with Crippen LogP contribution >= 0.6 is 24.0 Å². The average Bonchev–Trinajstić information content (AvgIpc) is 3.00. The van der Waals surface area contributed by atoms with Crippen LogP contribution in [0.25, 0.3) is 0 Å². The standard InChI is InChI=1S/C20H30N4.HI/c1-6-16-7-9-18(10-8-16)20(2,3)15-23-19(21-4)22-13-17-11-12-24(5)14-17;/h7-12,14H,6,13,15H2,1-5H3,(H2,21,22,23);1H. The number of aliphatic imine (C=N–C) groups is 1. The van der Waals surface area contributed by atoms with E-state index in [-0.39, 0.29) is 29.4 Å². The smallest absolute Gasteiger partial charge is 0.191 e. The lowest BCUT2D eigenvalue weighted by atomic mass is 9.84. The van der Waals surface area contributed by atoms with Crippen molar-refractivity contribution in [3.8, 4) is 0 Å². The zero-order chi connectivity index (χ0) is 17.6. The summed E-state index contributed by atoms with van der Waals surface area (Å²) in [7, 11) is 3.84. The van der Waals surface area contributed by atoms with Crippen LogP contribution in [0.5, 0.6) is 0 Å². The molecule has 5 heteroatoms. The number of hydrogen-bond acceptors (Lipinski definition) is 1. The van der Waals surface area contributed by atoms with Crippen molar-refractivity contribution in [1.82, 2.24) is 15.2 Å². The van der Waals surface area contributed by atoms with Gasteiger partial charge >= 0.3 is 0 Å². The van der Waals surface area contributed by atoms with E-state index in [0.717, 1.165) is 25.5 Å². The molecular weight excluding hydrogens is 423 g/mol. The monoisotopic (exact) mass is 454 g/mol. The van der Waals surface area contributed by atoms with Gasteiger partial charge in [-0.2, -0.15) is 0 Å². The molecule has 0 aliphatic carbocycles. The van der Waals surface area contributed by atoms with Crippen molar-refractivity contribution in [1.29, 1.82) is 0 Å². The van der Waals surface area contributed by atoms with Crippen LogP contribution in [0.3, 0.4) is 0 Å². The number of nitrogens with one attached hydrogen (secondary N) is 2. The predicted molar refractivity (Wildman–Crippen MR) is 118 cm³/mol. The molecule has 0 radical (unpaired) electrons. The zero-order valence-corrected chi connectivity index (χ0v) is 18.3. The van der Waals surface area contributed by atoms with Crippen molar-refractivity contribution in [2.45, 2.75) is 39.2 Å². The molecule has 0 saturated heterocycles. The van der Waals surface area contributed by atoms with Crippen molar-refractivity contribution in [3.05, 3.63) is 59.4 Å². The van der Waals surface area contributed by atoms with Crippen molar-refractivity contribution in [2.24, 2.45) is 12.0 Å². The highest BCUT2D eigenvalue weighted by molar-refractivity contribution is 14.0. The summed E-state index contributed by atoms with van der Waals surface area (Å²) < 4.78 is 2.05. The van der Waals surface area contributed by atoms with Crippen LogP contribution in [0.1, 0.15) is 37.5 Å². The molecule has 0 bridgehead atoms. The fraction of sp³-hybridized carbons (Fsp3) is 0.450. The third-order valence-electron chi connectivity index (χ3n) is 4.42. The average molecular weight is 454 g/mol. The Morgan fingerprint density at radius 2 is 1.76 bits per heavy atom. The Bertz CT molecular complexity index is 671. The van der Waals surface area contributed by atoms with Crippen LogP contribution in [-0.2, 0) is 25.4 Å². The number of aromatic nitrogens is 1. The highest BCUT2D eigenvalue weighted by atomic mass is 127. The van der Waals surface area contributed by atoms with Crippen LogP contribution in [0, 0.1) is 0 Å². The Kier molecular flexibility index (Phi) is 8.48. The molecule has 1 aromatic heterocycles. The maximum Gasteiger partial charge on any atom is 0.191 e. The van der Waals surface area contributed by atoms with E-state index in [4.69, 9.17) is 0 Å². The number of aryl methyl sites for hydroxylation is 2. The van der Waals surface area contributed by atoms with Gasteiger partial charge in [-0.05, 0) is 29.2 Å². The second kappa shape index (κ2) is 9.85. The molecule has 0 fully saturated rings.